The number of nitro benzene ring substituents is 1. The lowest BCUT2D eigenvalue weighted by Crippen LogP contribution is -2.30. The number of likely N-dealkylation sites (tertiary alicyclic amines) is 1. The van der Waals surface area contributed by atoms with Crippen molar-refractivity contribution in [2.24, 2.45) is 0 Å². The third kappa shape index (κ3) is 3.22. The SMILES string of the molecule is O=C(c1cnn(-c2ccc([N+](=O)[O-])cc2)c1)N1CCCC1c1nc2ccccc2s1. The molecule has 0 bridgehead atoms. The minimum atomic E-state index is -0.447. The molecule has 8 nitrogen and oxygen atoms in total. The molecule has 0 N–H and O–H groups in total. The molecule has 1 atom stereocenters. The fourth-order valence-electron chi connectivity index (χ4n) is 3.77. The highest BCUT2D eigenvalue weighted by Crippen LogP contribution is 2.37. The smallest absolute Gasteiger partial charge is 0.269 e. The van der Waals surface area contributed by atoms with Gasteiger partial charge in [0.1, 0.15) is 5.01 Å². The Balaban J connectivity index is 1.39. The standard InChI is InChI=1S/C21H17N5O3S/c27-21(14-12-22-25(13-14)15-7-9-16(10-8-15)26(28)29)24-11-3-5-18(24)20-23-17-4-1-2-6-19(17)30-20/h1-2,4,6-10,12-13,18H,3,5,11H2. The molecule has 30 heavy (non-hydrogen) atoms. The summed E-state index contributed by atoms with van der Waals surface area (Å²) in [6.07, 6.45) is 5.03. The van der Waals surface area contributed by atoms with Crippen LogP contribution < -0.4 is 0 Å². The van der Waals surface area contributed by atoms with Gasteiger partial charge in [-0.15, -0.1) is 11.3 Å². The van der Waals surface area contributed by atoms with Gasteiger partial charge in [0, 0.05) is 24.9 Å². The van der Waals surface area contributed by atoms with Gasteiger partial charge in [0.2, 0.25) is 0 Å². The summed E-state index contributed by atoms with van der Waals surface area (Å²) in [6.45, 7) is 0.683. The van der Waals surface area contributed by atoms with E-state index >= 15 is 0 Å². The van der Waals surface area contributed by atoms with Crippen LogP contribution in [0.15, 0.2) is 60.9 Å². The van der Waals surface area contributed by atoms with E-state index in [1.165, 1.54) is 18.3 Å². The Kier molecular flexibility index (Phi) is 4.51. The summed E-state index contributed by atoms with van der Waals surface area (Å²) >= 11 is 1.64. The molecule has 2 aromatic carbocycles. The second kappa shape index (κ2) is 7.34. The minimum Gasteiger partial charge on any atom is -0.329 e. The molecule has 0 saturated carbocycles. The van der Waals surface area contributed by atoms with Crippen molar-refractivity contribution in [2.45, 2.75) is 18.9 Å². The molecule has 1 aliphatic heterocycles. The summed E-state index contributed by atoms with van der Waals surface area (Å²) < 4.78 is 2.68. The molecule has 3 heterocycles. The first-order valence-electron chi connectivity index (χ1n) is 9.56. The van der Waals surface area contributed by atoms with E-state index in [-0.39, 0.29) is 17.6 Å². The number of carbonyl (C=O) groups excluding carboxylic acids is 1. The number of thiazole rings is 1. The average Bonchev–Trinajstić information content (AvgIpc) is 3.52. The lowest BCUT2D eigenvalue weighted by atomic mass is 10.2. The van der Waals surface area contributed by atoms with Crippen molar-refractivity contribution in [3.63, 3.8) is 0 Å². The van der Waals surface area contributed by atoms with E-state index in [9.17, 15) is 14.9 Å². The number of hydrogen-bond acceptors (Lipinski definition) is 6. The summed E-state index contributed by atoms with van der Waals surface area (Å²) in [4.78, 5) is 30.2. The quantitative estimate of drug-likeness (QED) is 0.362. The van der Waals surface area contributed by atoms with Crippen LogP contribution >= 0.6 is 11.3 Å². The van der Waals surface area contributed by atoms with Crippen LogP contribution in [-0.4, -0.2) is 37.0 Å². The fourth-order valence-corrected chi connectivity index (χ4v) is 4.88. The number of hydrogen-bond donors (Lipinski definition) is 0. The molecule has 150 valence electrons. The maximum Gasteiger partial charge on any atom is 0.269 e. The fraction of sp³-hybridized carbons (Fsp3) is 0.190. The second-order valence-electron chi connectivity index (χ2n) is 7.12. The summed E-state index contributed by atoms with van der Waals surface area (Å²) in [5.41, 5.74) is 2.12. The van der Waals surface area contributed by atoms with Crippen molar-refractivity contribution in [1.29, 1.82) is 0 Å². The molecule has 1 amide bonds. The van der Waals surface area contributed by atoms with E-state index in [2.05, 4.69) is 5.10 Å². The zero-order valence-corrected chi connectivity index (χ0v) is 16.7. The van der Waals surface area contributed by atoms with E-state index in [1.807, 2.05) is 29.2 Å². The Bertz CT molecular complexity index is 1210. The van der Waals surface area contributed by atoms with Crippen LogP contribution in [0, 0.1) is 10.1 Å². The molecule has 1 aliphatic rings. The summed E-state index contributed by atoms with van der Waals surface area (Å²) in [5, 5.41) is 16.1. The van der Waals surface area contributed by atoms with Crippen LogP contribution in [0.4, 0.5) is 5.69 Å². The average molecular weight is 419 g/mol. The Morgan fingerprint density at radius 1 is 1.17 bits per heavy atom. The molecule has 0 aliphatic carbocycles. The lowest BCUT2D eigenvalue weighted by molar-refractivity contribution is -0.384. The maximum atomic E-state index is 13.2. The van der Waals surface area contributed by atoms with Gasteiger partial charge in [0.05, 0.1) is 38.6 Å². The number of nitro groups is 1. The van der Waals surface area contributed by atoms with Crippen molar-refractivity contribution < 1.29 is 9.72 Å². The van der Waals surface area contributed by atoms with Gasteiger partial charge in [0.25, 0.3) is 11.6 Å². The first kappa shape index (κ1) is 18.4. The predicted molar refractivity (Wildman–Crippen MR) is 113 cm³/mol. The maximum absolute atomic E-state index is 13.2. The van der Waals surface area contributed by atoms with E-state index < -0.39 is 4.92 Å². The molecule has 4 aromatic rings. The van der Waals surface area contributed by atoms with Crippen LogP contribution in [0.2, 0.25) is 0 Å². The topological polar surface area (TPSA) is 94.2 Å². The molecule has 1 saturated heterocycles. The number of nitrogens with zero attached hydrogens (tertiary/aromatic N) is 5. The molecule has 0 radical (unpaired) electrons. The highest BCUT2D eigenvalue weighted by Gasteiger charge is 2.33. The number of amides is 1. The predicted octanol–water partition coefficient (Wildman–Crippen LogP) is 4.37. The first-order chi connectivity index (χ1) is 14.6. The summed E-state index contributed by atoms with van der Waals surface area (Å²) in [5.74, 6) is -0.0788. The van der Waals surface area contributed by atoms with Crippen LogP contribution in [-0.2, 0) is 0 Å². The number of carbonyl (C=O) groups is 1. The second-order valence-corrected chi connectivity index (χ2v) is 8.19. The van der Waals surface area contributed by atoms with Gasteiger partial charge in [-0.05, 0) is 37.1 Å². The highest BCUT2D eigenvalue weighted by atomic mass is 32.1. The Labute approximate surface area is 175 Å². The number of aromatic nitrogens is 3. The van der Waals surface area contributed by atoms with Gasteiger partial charge >= 0.3 is 0 Å². The number of non-ortho nitro benzene ring substituents is 1. The molecule has 2 aromatic heterocycles. The summed E-state index contributed by atoms with van der Waals surface area (Å²) in [6, 6.07) is 14.0. The van der Waals surface area contributed by atoms with Gasteiger partial charge in [-0.2, -0.15) is 5.10 Å². The molecule has 1 fully saturated rings. The highest BCUT2D eigenvalue weighted by molar-refractivity contribution is 7.18. The zero-order chi connectivity index (χ0) is 20.7. The molecular weight excluding hydrogens is 402 g/mol. The number of rotatable bonds is 4. The van der Waals surface area contributed by atoms with E-state index in [0.29, 0.717) is 17.8 Å². The van der Waals surface area contributed by atoms with Crippen molar-refractivity contribution in [1.82, 2.24) is 19.7 Å². The minimum absolute atomic E-state index is 0.0120. The number of benzene rings is 2. The van der Waals surface area contributed by atoms with E-state index in [1.54, 1.807) is 34.3 Å². The monoisotopic (exact) mass is 419 g/mol. The Hall–Kier alpha value is -3.59. The van der Waals surface area contributed by atoms with Gasteiger partial charge in [0.15, 0.2) is 0 Å². The van der Waals surface area contributed by atoms with E-state index in [0.717, 1.165) is 28.1 Å². The Morgan fingerprint density at radius 3 is 2.73 bits per heavy atom. The van der Waals surface area contributed by atoms with Gasteiger partial charge in [-0.1, -0.05) is 12.1 Å². The van der Waals surface area contributed by atoms with Crippen LogP contribution in [0.1, 0.15) is 34.2 Å². The summed E-state index contributed by atoms with van der Waals surface area (Å²) in [7, 11) is 0. The van der Waals surface area contributed by atoms with Gasteiger partial charge in [-0.3, -0.25) is 14.9 Å². The third-order valence-corrected chi connectivity index (χ3v) is 6.40. The van der Waals surface area contributed by atoms with Gasteiger partial charge < -0.3 is 4.90 Å². The number of para-hydroxylation sites is 1. The van der Waals surface area contributed by atoms with Crippen molar-refractivity contribution in [2.75, 3.05) is 6.54 Å². The van der Waals surface area contributed by atoms with E-state index in [4.69, 9.17) is 4.98 Å². The molecule has 0 spiro atoms. The zero-order valence-electron chi connectivity index (χ0n) is 15.8. The third-order valence-electron chi connectivity index (χ3n) is 5.26. The molecule has 9 heteroatoms. The van der Waals surface area contributed by atoms with Gasteiger partial charge in [-0.25, -0.2) is 9.67 Å². The lowest BCUT2D eigenvalue weighted by Gasteiger charge is -2.22. The van der Waals surface area contributed by atoms with Crippen LogP contribution in [0.25, 0.3) is 15.9 Å². The van der Waals surface area contributed by atoms with Crippen molar-refractivity contribution >= 4 is 33.1 Å². The van der Waals surface area contributed by atoms with Crippen LogP contribution in [0.3, 0.4) is 0 Å². The molecular formula is C21H17N5O3S. The van der Waals surface area contributed by atoms with Crippen LogP contribution in [0.5, 0.6) is 0 Å². The first-order valence-corrected chi connectivity index (χ1v) is 10.4. The van der Waals surface area contributed by atoms with Crippen molar-refractivity contribution in [3.8, 4) is 5.69 Å². The Morgan fingerprint density at radius 2 is 1.97 bits per heavy atom. The molecule has 1 unspecified atom stereocenters. The molecule has 5 rings (SSSR count). The normalized spacial score (nSPS) is 16.3. The number of fused-ring (bicyclic) bond motifs is 1. The van der Waals surface area contributed by atoms with Crippen molar-refractivity contribution in [3.05, 3.63) is 81.6 Å². The largest absolute Gasteiger partial charge is 0.329 e.